The average molecular weight is 447 g/mol. The molecule has 6 heteroatoms. The topological polar surface area (TPSA) is 89.4 Å². The standard InChI is InChI=1S/C28H17NO5/c1-15-11-12-19-20(13-15)33-22-14-21(34-28(32)16-7-3-2-4-8-16)23-24(25(22)29-19)27(31)18-10-6-5-9-17(18)26(23)30/h2-14,29H,1H3. The summed E-state index contributed by atoms with van der Waals surface area (Å²) in [6.07, 6.45) is 0. The van der Waals surface area contributed by atoms with Crippen molar-refractivity contribution < 1.29 is 13.9 Å². The molecule has 0 amide bonds. The Balaban J connectivity index is 1.76. The fourth-order valence-corrected chi connectivity index (χ4v) is 4.32. The van der Waals surface area contributed by atoms with Gasteiger partial charge in [0.15, 0.2) is 22.0 Å². The van der Waals surface area contributed by atoms with Gasteiger partial charge in [-0.05, 0) is 36.8 Å². The third-order valence-electron chi connectivity index (χ3n) is 5.95. The van der Waals surface area contributed by atoms with E-state index in [-0.39, 0.29) is 32.8 Å². The van der Waals surface area contributed by atoms with Crippen molar-refractivity contribution >= 4 is 49.7 Å². The van der Waals surface area contributed by atoms with Gasteiger partial charge in [0.2, 0.25) is 0 Å². The molecule has 0 saturated heterocycles. The number of benzene rings is 5. The zero-order valence-corrected chi connectivity index (χ0v) is 18.0. The number of H-pyrrole nitrogens is 1. The number of aromatic nitrogens is 1. The van der Waals surface area contributed by atoms with Crippen LogP contribution in [0.4, 0.5) is 0 Å². The van der Waals surface area contributed by atoms with Crippen LogP contribution in [-0.4, -0.2) is 11.0 Å². The fraction of sp³-hybridized carbons (Fsp3) is 0.0357. The Morgan fingerprint density at radius 3 is 2.21 bits per heavy atom. The number of hydrogen-bond acceptors (Lipinski definition) is 5. The summed E-state index contributed by atoms with van der Waals surface area (Å²) >= 11 is 0. The van der Waals surface area contributed by atoms with E-state index < -0.39 is 5.97 Å². The van der Waals surface area contributed by atoms with Crippen LogP contribution in [0.3, 0.4) is 0 Å². The molecule has 6 nitrogen and oxygen atoms in total. The van der Waals surface area contributed by atoms with Crippen LogP contribution in [0.15, 0.2) is 92.9 Å². The third-order valence-corrected chi connectivity index (χ3v) is 5.95. The van der Waals surface area contributed by atoms with Crippen molar-refractivity contribution in [1.29, 1.82) is 0 Å². The highest BCUT2D eigenvalue weighted by molar-refractivity contribution is 6.13. The number of hydrogen-bond donors (Lipinski definition) is 1. The maximum Gasteiger partial charge on any atom is 0.343 e. The SMILES string of the molecule is Cc1ccc2[nH]c3c(cc(OC(=O)c4ccccc4)c4c(=O)c5ccccc5c(=O)c43)oc2c1. The predicted molar refractivity (Wildman–Crippen MR) is 132 cm³/mol. The fourth-order valence-electron chi connectivity index (χ4n) is 4.32. The van der Waals surface area contributed by atoms with E-state index in [2.05, 4.69) is 4.98 Å². The van der Waals surface area contributed by atoms with Crippen LogP contribution >= 0.6 is 0 Å². The Labute approximate surface area is 192 Å². The lowest BCUT2D eigenvalue weighted by atomic mass is 10.00. The summed E-state index contributed by atoms with van der Waals surface area (Å²) < 4.78 is 11.8. The molecule has 0 aliphatic heterocycles. The molecule has 1 heterocycles. The van der Waals surface area contributed by atoms with Gasteiger partial charge in [-0.2, -0.15) is 0 Å². The van der Waals surface area contributed by atoms with Crippen molar-refractivity contribution in [1.82, 2.24) is 4.98 Å². The smallest absolute Gasteiger partial charge is 0.343 e. The van der Waals surface area contributed by atoms with E-state index in [9.17, 15) is 14.4 Å². The molecule has 0 aliphatic carbocycles. The summed E-state index contributed by atoms with van der Waals surface area (Å²) in [5.74, 6) is -0.657. The normalized spacial score (nSPS) is 11.4. The number of aryl methyl sites for hydroxylation is 1. The molecule has 0 atom stereocenters. The summed E-state index contributed by atoms with van der Waals surface area (Å²) in [5, 5.41) is 0.733. The van der Waals surface area contributed by atoms with Crippen LogP contribution in [-0.2, 0) is 0 Å². The van der Waals surface area contributed by atoms with Crippen molar-refractivity contribution in [3.05, 3.63) is 110 Å². The summed E-state index contributed by atoms with van der Waals surface area (Å²) in [4.78, 5) is 43.3. The molecule has 6 aromatic rings. The Bertz CT molecular complexity index is 1900. The summed E-state index contributed by atoms with van der Waals surface area (Å²) in [6, 6.07) is 22.2. The Kier molecular flexibility index (Phi) is 4.35. The highest BCUT2D eigenvalue weighted by Crippen LogP contribution is 2.33. The van der Waals surface area contributed by atoms with Gasteiger partial charge in [-0.15, -0.1) is 0 Å². The van der Waals surface area contributed by atoms with E-state index >= 15 is 0 Å². The van der Waals surface area contributed by atoms with Gasteiger partial charge in [-0.25, -0.2) is 4.79 Å². The van der Waals surface area contributed by atoms with Gasteiger partial charge >= 0.3 is 5.97 Å². The zero-order chi connectivity index (χ0) is 23.4. The van der Waals surface area contributed by atoms with Crippen LogP contribution in [0.25, 0.3) is 43.7 Å². The lowest BCUT2D eigenvalue weighted by Crippen LogP contribution is -2.16. The maximum absolute atomic E-state index is 13.6. The number of rotatable bonds is 2. The molecule has 5 aromatic carbocycles. The Hall–Kier alpha value is -4.71. The molecule has 1 N–H and O–H groups in total. The van der Waals surface area contributed by atoms with E-state index in [1.807, 2.05) is 25.1 Å². The van der Waals surface area contributed by atoms with E-state index in [0.717, 1.165) is 5.56 Å². The molecule has 34 heavy (non-hydrogen) atoms. The van der Waals surface area contributed by atoms with Gasteiger partial charge < -0.3 is 14.1 Å². The lowest BCUT2D eigenvalue weighted by Gasteiger charge is -2.12. The van der Waals surface area contributed by atoms with Gasteiger partial charge in [0.25, 0.3) is 0 Å². The molecular weight excluding hydrogens is 430 g/mol. The van der Waals surface area contributed by atoms with Crippen LogP contribution in [0, 0.1) is 6.92 Å². The Morgan fingerprint density at radius 1 is 0.794 bits per heavy atom. The second kappa shape index (κ2) is 7.42. The van der Waals surface area contributed by atoms with Crippen molar-refractivity contribution in [2.24, 2.45) is 0 Å². The van der Waals surface area contributed by atoms with Crippen LogP contribution in [0.5, 0.6) is 5.75 Å². The molecule has 0 radical (unpaired) electrons. The van der Waals surface area contributed by atoms with Gasteiger partial charge in [0, 0.05) is 16.8 Å². The van der Waals surface area contributed by atoms with Crippen molar-refractivity contribution in [3.63, 3.8) is 0 Å². The molecule has 0 aliphatic rings. The van der Waals surface area contributed by atoms with Gasteiger partial charge in [0.1, 0.15) is 5.75 Å². The quantitative estimate of drug-likeness (QED) is 0.165. The number of esters is 1. The maximum atomic E-state index is 13.6. The molecule has 0 spiro atoms. The first-order valence-electron chi connectivity index (χ1n) is 10.7. The summed E-state index contributed by atoms with van der Waals surface area (Å²) in [6.45, 7) is 1.94. The van der Waals surface area contributed by atoms with E-state index in [0.29, 0.717) is 33.1 Å². The minimum Gasteiger partial charge on any atom is -0.453 e. The highest BCUT2D eigenvalue weighted by atomic mass is 16.5. The first-order chi connectivity index (χ1) is 16.5. The summed E-state index contributed by atoms with van der Waals surface area (Å²) in [7, 11) is 0. The first-order valence-corrected chi connectivity index (χ1v) is 10.7. The molecule has 0 bridgehead atoms. The Morgan fingerprint density at radius 2 is 1.47 bits per heavy atom. The molecule has 0 unspecified atom stereocenters. The lowest BCUT2D eigenvalue weighted by molar-refractivity contribution is 0.0737. The van der Waals surface area contributed by atoms with Crippen LogP contribution in [0.2, 0.25) is 0 Å². The molecule has 1 aromatic heterocycles. The monoisotopic (exact) mass is 447 g/mol. The number of carbonyl (C=O) groups is 1. The number of fused-ring (bicyclic) bond motifs is 5. The zero-order valence-electron chi connectivity index (χ0n) is 18.0. The first kappa shape index (κ1) is 19.9. The van der Waals surface area contributed by atoms with Crippen LogP contribution in [0.1, 0.15) is 15.9 Å². The largest absolute Gasteiger partial charge is 0.453 e. The number of aromatic amines is 1. The molecule has 164 valence electrons. The minimum absolute atomic E-state index is 0.0200. The van der Waals surface area contributed by atoms with Crippen molar-refractivity contribution in [3.8, 4) is 5.75 Å². The van der Waals surface area contributed by atoms with Crippen molar-refractivity contribution in [2.75, 3.05) is 0 Å². The molecule has 6 rings (SSSR count). The van der Waals surface area contributed by atoms with Crippen LogP contribution < -0.4 is 15.6 Å². The average Bonchev–Trinajstić information content (AvgIpc) is 2.86. The number of nitrogens with one attached hydrogen (secondary N) is 1. The minimum atomic E-state index is -0.637. The van der Waals surface area contributed by atoms with Gasteiger partial charge in [0.05, 0.1) is 27.4 Å². The van der Waals surface area contributed by atoms with Gasteiger partial charge in [-0.3, -0.25) is 9.59 Å². The number of ether oxygens (including phenoxy) is 1. The van der Waals surface area contributed by atoms with E-state index in [4.69, 9.17) is 9.15 Å². The molecular formula is C28H17NO5. The molecule has 0 fully saturated rings. The number of carbonyl (C=O) groups excluding carboxylic acids is 1. The summed E-state index contributed by atoms with van der Waals surface area (Å²) in [5.41, 5.74) is 2.51. The predicted octanol–water partition coefficient (Wildman–Crippen LogP) is 5.47. The second-order valence-electron chi connectivity index (χ2n) is 8.18. The van der Waals surface area contributed by atoms with Gasteiger partial charge in [-0.1, -0.05) is 48.5 Å². The second-order valence-corrected chi connectivity index (χ2v) is 8.18. The van der Waals surface area contributed by atoms with E-state index in [1.165, 1.54) is 6.07 Å². The van der Waals surface area contributed by atoms with Crippen molar-refractivity contribution in [2.45, 2.75) is 6.92 Å². The molecule has 0 saturated carbocycles. The van der Waals surface area contributed by atoms with E-state index in [1.54, 1.807) is 54.6 Å². The highest BCUT2D eigenvalue weighted by Gasteiger charge is 2.21. The third kappa shape index (κ3) is 3.00.